The van der Waals surface area contributed by atoms with E-state index in [1.54, 1.807) is 0 Å². The summed E-state index contributed by atoms with van der Waals surface area (Å²) in [5.41, 5.74) is -1.25. The zero-order valence-corrected chi connectivity index (χ0v) is 44.4. The van der Waals surface area contributed by atoms with Crippen LogP contribution in [-0.2, 0) is 37.8 Å². The maximum Gasteiger partial charge on any atom is 0.306 e. The predicted molar refractivity (Wildman–Crippen MR) is 276 cm³/mol. The zero-order chi connectivity index (χ0) is 49.2. The highest BCUT2D eigenvalue weighted by Gasteiger charge is 2.52. The average Bonchev–Trinajstić information content (AvgIpc) is 3.31. The van der Waals surface area contributed by atoms with Gasteiger partial charge in [-0.3, -0.25) is 19.2 Å². The largest absolute Gasteiger partial charge is 0.481 e. The fraction of sp³-hybridized carbons (Fsp3) is 0.719. The van der Waals surface area contributed by atoms with Gasteiger partial charge in [-0.15, -0.1) is 0 Å². The number of carbonyl (C=O) groups excluding carboxylic acids is 3. The van der Waals surface area contributed by atoms with Crippen LogP contribution in [-0.4, -0.2) is 63.7 Å². The summed E-state index contributed by atoms with van der Waals surface area (Å²) in [5, 5.41) is 10.9. The van der Waals surface area contributed by atoms with Gasteiger partial charge in [-0.2, -0.15) is 0 Å². The van der Waals surface area contributed by atoms with Crippen molar-refractivity contribution >= 4 is 42.6 Å². The average molecular weight is 951 g/mol. The molecule has 0 saturated heterocycles. The molecule has 0 spiro atoms. The molecular weight excluding hydrogens is 857 g/mol. The second-order valence-corrected chi connectivity index (χ2v) is 24.9. The molecule has 0 heterocycles. The van der Waals surface area contributed by atoms with Gasteiger partial charge in [0.25, 0.3) is 8.32 Å². The van der Waals surface area contributed by atoms with Gasteiger partial charge in [0.15, 0.2) is 0 Å². The van der Waals surface area contributed by atoms with E-state index in [-0.39, 0.29) is 68.1 Å². The highest BCUT2D eigenvalue weighted by Crippen LogP contribution is 2.38. The van der Waals surface area contributed by atoms with Crippen LogP contribution in [0.15, 0.2) is 60.7 Å². The van der Waals surface area contributed by atoms with Crippen LogP contribution in [0.3, 0.4) is 0 Å². The summed E-state index contributed by atoms with van der Waals surface area (Å²) in [4.78, 5) is 52.9. The SMILES string of the molecule is CCCCCCCC(CCCCC)CC(=O)OCC(COC(=O)CCCCC(=O)O)(COC(=O)CC(CCCCC)CCCCCCC)CO[Si](c1ccccc1)(c1ccccc1)C(C)(C)C. The van der Waals surface area contributed by atoms with Gasteiger partial charge >= 0.3 is 23.9 Å². The second kappa shape index (κ2) is 34.7. The molecule has 0 radical (unpaired) electrons. The third-order valence-corrected chi connectivity index (χ3v) is 18.4. The summed E-state index contributed by atoms with van der Waals surface area (Å²) in [7, 11) is -3.18. The number of esters is 3. The fourth-order valence-electron chi connectivity index (χ4n) is 9.32. The molecule has 9 nitrogen and oxygen atoms in total. The summed E-state index contributed by atoms with van der Waals surface area (Å²) in [5.74, 6) is -1.61. The van der Waals surface area contributed by atoms with Gasteiger partial charge in [-0.25, -0.2) is 0 Å². The zero-order valence-electron chi connectivity index (χ0n) is 43.4. The molecule has 2 atom stereocenters. The summed E-state index contributed by atoms with van der Waals surface area (Å²) in [6, 6.07) is 20.6. The first-order valence-electron chi connectivity index (χ1n) is 26.7. The summed E-state index contributed by atoms with van der Waals surface area (Å²) in [6.07, 6.45) is 23.4. The lowest BCUT2D eigenvalue weighted by atomic mass is 9.90. The van der Waals surface area contributed by atoms with Crippen molar-refractivity contribution in [2.24, 2.45) is 17.3 Å². The van der Waals surface area contributed by atoms with E-state index < -0.39 is 25.7 Å². The number of aliphatic carboxylic acids is 1. The highest BCUT2D eigenvalue weighted by molar-refractivity contribution is 6.99. The van der Waals surface area contributed by atoms with E-state index in [1.165, 1.54) is 38.5 Å². The van der Waals surface area contributed by atoms with E-state index >= 15 is 0 Å². The van der Waals surface area contributed by atoms with Crippen LogP contribution in [0.25, 0.3) is 0 Å². The second-order valence-electron chi connectivity index (χ2n) is 20.6. The predicted octanol–water partition coefficient (Wildman–Crippen LogP) is 13.7. The number of carbonyl (C=O) groups is 4. The Balaban J connectivity index is 2.62. The third kappa shape index (κ3) is 24.1. The molecule has 0 aliphatic carbocycles. The lowest BCUT2D eigenvalue weighted by Crippen LogP contribution is -2.67. The first kappa shape index (κ1) is 59.6. The van der Waals surface area contributed by atoms with Crippen LogP contribution in [0.2, 0.25) is 5.04 Å². The molecule has 0 amide bonds. The summed E-state index contributed by atoms with van der Waals surface area (Å²) < 4.78 is 26.2. The maximum absolute atomic E-state index is 14.1. The Morgan fingerprint density at radius 1 is 0.478 bits per heavy atom. The minimum Gasteiger partial charge on any atom is -0.481 e. The van der Waals surface area contributed by atoms with Crippen molar-refractivity contribution in [3.63, 3.8) is 0 Å². The van der Waals surface area contributed by atoms with Gasteiger partial charge in [0.05, 0.1) is 12.0 Å². The lowest BCUT2D eigenvalue weighted by Gasteiger charge is -2.45. The van der Waals surface area contributed by atoms with Gasteiger partial charge < -0.3 is 23.7 Å². The van der Waals surface area contributed by atoms with Crippen molar-refractivity contribution in [1.82, 2.24) is 0 Å². The Hall–Kier alpha value is -3.50. The smallest absolute Gasteiger partial charge is 0.306 e. The molecule has 2 unspecified atom stereocenters. The van der Waals surface area contributed by atoms with Gasteiger partial charge in [-0.1, -0.05) is 212 Å². The third-order valence-electron chi connectivity index (χ3n) is 13.4. The monoisotopic (exact) mass is 951 g/mol. The lowest BCUT2D eigenvalue weighted by molar-refractivity contribution is -0.165. The number of hydrogen-bond acceptors (Lipinski definition) is 8. The van der Waals surface area contributed by atoms with Crippen LogP contribution < -0.4 is 10.4 Å². The van der Waals surface area contributed by atoms with E-state index in [4.69, 9.17) is 18.6 Å². The number of rotatable bonds is 40. The van der Waals surface area contributed by atoms with Gasteiger partial charge in [-0.05, 0) is 65.8 Å². The Labute approximate surface area is 408 Å². The van der Waals surface area contributed by atoms with Crippen LogP contribution in [0, 0.1) is 17.3 Å². The molecule has 2 aromatic carbocycles. The van der Waals surface area contributed by atoms with E-state index in [1.807, 2.05) is 36.4 Å². The molecule has 0 saturated carbocycles. The molecule has 2 aromatic rings. The van der Waals surface area contributed by atoms with E-state index in [9.17, 15) is 24.3 Å². The van der Waals surface area contributed by atoms with E-state index in [0.29, 0.717) is 25.7 Å². The quantitative estimate of drug-likeness (QED) is 0.0301. The van der Waals surface area contributed by atoms with Crippen molar-refractivity contribution in [3.8, 4) is 0 Å². The first-order valence-corrected chi connectivity index (χ1v) is 28.6. The molecule has 0 aromatic heterocycles. The van der Waals surface area contributed by atoms with Crippen LogP contribution in [0.4, 0.5) is 0 Å². The van der Waals surface area contributed by atoms with Gasteiger partial charge in [0.2, 0.25) is 0 Å². The Kier molecular flexibility index (Phi) is 30.9. The summed E-state index contributed by atoms with van der Waals surface area (Å²) >= 11 is 0. The number of ether oxygens (including phenoxy) is 3. The van der Waals surface area contributed by atoms with Crippen LogP contribution in [0.5, 0.6) is 0 Å². The molecule has 67 heavy (non-hydrogen) atoms. The standard InChI is InChI=1S/C57H94O9Si/c1-8-12-16-18-24-34-48(32-22-14-10-3)42-54(61)64-45-57(44-63-53(60)41-31-30-40-52(58)59,46-65-55(62)43-49(33-23-15-11-4)35-25-19-17-13-9-2)47-66-67(56(5,6)7,50-36-26-20-27-37-50)51-38-28-21-29-39-51/h20-21,26-29,36-39,48-49H,8-19,22-25,30-35,40-47H2,1-7H3,(H,58,59). The molecule has 0 bridgehead atoms. The topological polar surface area (TPSA) is 125 Å². The van der Waals surface area contributed by atoms with Crippen molar-refractivity contribution in [3.05, 3.63) is 60.7 Å². The number of carboxylic acids is 1. The molecule has 380 valence electrons. The van der Waals surface area contributed by atoms with E-state index in [0.717, 1.165) is 100 Å². The summed E-state index contributed by atoms with van der Waals surface area (Å²) in [6.45, 7) is 14.8. The molecule has 0 fully saturated rings. The van der Waals surface area contributed by atoms with Gasteiger partial charge in [0.1, 0.15) is 19.8 Å². The van der Waals surface area contributed by atoms with Crippen molar-refractivity contribution < 1.29 is 42.9 Å². The van der Waals surface area contributed by atoms with E-state index in [2.05, 4.69) is 72.7 Å². The Morgan fingerprint density at radius 2 is 0.836 bits per heavy atom. The minimum absolute atomic E-state index is 0.0121. The molecule has 1 N–H and O–H groups in total. The normalized spacial score (nSPS) is 13.7. The number of benzene rings is 2. The molecule has 2 rings (SSSR count). The number of hydrogen-bond donors (Lipinski definition) is 1. The molecule has 0 aliphatic heterocycles. The fourth-order valence-corrected chi connectivity index (χ4v) is 14.0. The van der Waals surface area contributed by atoms with Gasteiger partial charge in [0, 0.05) is 25.7 Å². The Bertz CT molecular complexity index is 1520. The van der Waals surface area contributed by atoms with Crippen LogP contribution in [0.1, 0.15) is 215 Å². The minimum atomic E-state index is -3.18. The molecule has 0 aliphatic rings. The maximum atomic E-state index is 14.1. The number of carboxylic acid groups (broad SMARTS) is 1. The number of unbranched alkanes of at least 4 members (excludes halogenated alkanes) is 13. The van der Waals surface area contributed by atoms with Crippen molar-refractivity contribution in [2.75, 3.05) is 26.4 Å². The Morgan fingerprint density at radius 3 is 1.22 bits per heavy atom. The van der Waals surface area contributed by atoms with Crippen molar-refractivity contribution in [1.29, 1.82) is 0 Å². The molecule has 10 heteroatoms. The van der Waals surface area contributed by atoms with Crippen LogP contribution >= 0.6 is 0 Å². The molecular formula is C57H94O9Si. The highest BCUT2D eigenvalue weighted by atomic mass is 28.4. The first-order chi connectivity index (χ1) is 32.3. The van der Waals surface area contributed by atoms with Crippen molar-refractivity contribution in [2.45, 2.75) is 220 Å².